The van der Waals surface area contributed by atoms with Gasteiger partial charge in [0.2, 0.25) is 10.0 Å². The summed E-state index contributed by atoms with van der Waals surface area (Å²) in [6.07, 6.45) is 0. The number of rotatable bonds is 7. The lowest BCUT2D eigenvalue weighted by Gasteiger charge is -2.32. The molecule has 3 rings (SSSR count). The minimum absolute atomic E-state index is 0.193. The van der Waals surface area contributed by atoms with E-state index in [0.29, 0.717) is 43.9 Å². The molecule has 31 heavy (non-hydrogen) atoms. The smallest absolute Gasteiger partial charge is 0.251 e. The Hall–Kier alpha value is -2.42. The third-order valence-electron chi connectivity index (χ3n) is 5.57. The second-order valence-corrected chi connectivity index (χ2v) is 9.79. The van der Waals surface area contributed by atoms with Gasteiger partial charge in [-0.2, -0.15) is 4.31 Å². The second-order valence-electron chi connectivity index (χ2n) is 7.88. The fraction of sp³-hybridized carbons (Fsp3) is 0.435. The van der Waals surface area contributed by atoms with Crippen LogP contribution in [0.1, 0.15) is 41.4 Å². The standard InChI is InChI=1S/C23H31N3O4S/c1-5-30-21-10-8-19(9-11-21)18(3)24-23(27)20-7-6-17(2)22(16-20)31(28,29)26-14-12-25(4)13-15-26/h6-11,16,18H,5,12-15H2,1-4H3,(H,24,27). The fourth-order valence-electron chi connectivity index (χ4n) is 3.57. The van der Waals surface area contributed by atoms with Crippen molar-refractivity contribution in [3.63, 3.8) is 0 Å². The van der Waals surface area contributed by atoms with E-state index in [4.69, 9.17) is 4.74 Å². The Kier molecular flexibility index (Phi) is 7.35. The van der Waals surface area contributed by atoms with Crippen molar-refractivity contribution >= 4 is 15.9 Å². The van der Waals surface area contributed by atoms with Crippen LogP contribution in [0.15, 0.2) is 47.4 Å². The van der Waals surface area contributed by atoms with E-state index in [1.165, 1.54) is 10.4 Å². The number of nitrogens with zero attached hydrogens (tertiary/aromatic N) is 2. The molecular formula is C23H31N3O4S. The summed E-state index contributed by atoms with van der Waals surface area (Å²) >= 11 is 0. The summed E-state index contributed by atoms with van der Waals surface area (Å²) in [5.74, 6) is 0.471. The molecule has 8 heteroatoms. The molecule has 1 heterocycles. The van der Waals surface area contributed by atoms with Crippen LogP contribution < -0.4 is 10.1 Å². The number of likely N-dealkylation sites (N-methyl/N-ethyl adjacent to an activating group) is 1. The van der Waals surface area contributed by atoms with E-state index >= 15 is 0 Å². The molecule has 1 unspecified atom stereocenters. The van der Waals surface area contributed by atoms with Gasteiger partial charge in [-0.05, 0) is 63.2 Å². The number of ether oxygens (including phenoxy) is 1. The van der Waals surface area contributed by atoms with Crippen LogP contribution in [0.25, 0.3) is 0 Å². The maximum atomic E-state index is 13.2. The number of sulfonamides is 1. The Morgan fingerprint density at radius 1 is 1.10 bits per heavy atom. The first kappa shape index (κ1) is 23.2. The van der Waals surface area contributed by atoms with Gasteiger partial charge in [-0.25, -0.2) is 8.42 Å². The molecular weight excluding hydrogens is 414 g/mol. The van der Waals surface area contributed by atoms with Crippen LogP contribution in [0.2, 0.25) is 0 Å². The zero-order chi connectivity index (χ0) is 22.6. The molecule has 1 saturated heterocycles. The Labute approximate surface area is 185 Å². The van der Waals surface area contributed by atoms with E-state index in [-0.39, 0.29) is 16.8 Å². The number of nitrogens with one attached hydrogen (secondary N) is 1. The largest absolute Gasteiger partial charge is 0.494 e. The average Bonchev–Trinajstić information content (AvgIpc) is 2.75. The SMILES string of the molecule is CCOc1ccc(C(C)NC(=O)c2ccc(C)c(S(=O)(=O)N3CCN(C)CC3)c2)cc1. The average molecular weight is 446 g/mol. The van der Waals surface area contributed by atoms with E-state index in [2.05, 4.69) is 10.2 Å². The Morgan fingerprint density at radius 2 is 1.74 bits per heavy atom. The minimum Gasteiger partial charge on any atom is -0.494 e. The minimum atomic E-state index is -3.65. The predicted octanol–water partition coefficient (Wildman–Crippen LogP) is 2.82. The lowest BCUT2D eigenvalue weighted by atomic mass is 10.1. The van der Waals surface area contributed by atoms with Crippen molar-refractivity contribution in [2.45, 2.75) is 31.7 Å². The lowest BCUT2D eigenvalue weighted by molar-refractivity contribution is 0.0939. The van der Waals surface area contributed by atoms with E-state index in [9.17, 15) is 13.2 Å². The molecule has 7 nitrogen and oxygen atoms in total. The molecule has 0 aliphatic carbocycles. The van der Waals surface area contributed by atoms with Gasteiger partial charge >= 0.3 is 0 Å². The molecule has 1 atom stereocenters. The zero-order valence-electron chi connectivity index (χ0n) is 18.6. The van der Waals surface area contributed by atoms with Crippen molar-refractivity contribution in [2.24, 2.45) is 0 Å². The number of carbonyl (C=O) groups excluding carboxylic acids is 1. The number of piperazine rings is 1. The number of hydrogen-bond acceptors (Lipinski definition) is 5. The van der Waals surface area contributed by atoms with Gasteiger partial charge in [-0.3, -0.25) is 4.79 Å². The van der Waals surface area contributed by atoms with Crippen LogP contribution in [0.4, 0.5) is 0 Å². The maximum absolute atomic E-state index is 13.2. The van der Waals surface area contributed by atoms with Crippen molar-refractivity contribution in [3.8, 4) is 5.75 Å². The van der Waals surface area contributed by atoms with Gasteiger partial charge < -0.3 is 15.0 Å². The molecule has 168 valence electrons. The number of hydrogen-bond donors (Lipinski definition) is 1. The highest BCUT2D eigenvalue weighted by Crippen LogP contribution is 2.23. The Bertz CT molecular complexity index is 1010. The first-order valence-electron chi connectivity index (χ1n) is 10.6. The highest BCUT2D eigenvalue weighted by molar-refractivity contribution is 7.89. The molecule has 1 aliphatic heterocycles. The molecule has 0 spiro atoms. The first-order valence-corrected chi connectivity index (χ1v) is 12.0. The number of benzene rings is 2. The molecule has 0 bridgehead atoms. The van der Waals surface area contributed by atoms with Crippen LogP contribution in [0.3, 0.4) is 0 Å². The van der Waals surface area contributed by atoms with Gasteiger partial charge in [0.15, 0.2) is 0 Å². The van der Waals surface area contributed by atoms with Gasteiger partial charge in [0.05, 0.1) is 17.5 Å². The topological polar surface area (TPSA) is 78.9 Å². The second kappa shape index (κ2) is 9.80. The van der Waals surface area contributed by atoms with Crippen molar-refractivity contribution < 1.29 is 17.9 Å². The quantitative estimate of drug-likeness (QED) is 0.709. The summed E-state index contributed by atoms with van der Waals surface area (Å²) in [6.45, 7) is 8.45. The predicted molar refractivity (Wildman–Crippen MR) is 121 cm³/mol. The van der Waals surface area contributed by atoms with E-state index in [1.807, 2.05) is 45.2 Å². The third kappa shape index (κ3) is 5.44. The molecule has 1 aliphatic rings. The molecule has 0 radical (unpaired) electrons. The molecule has 2 aromatic carbocycles. The summed E-state index contributed by atoms with van der Waals surface area (Å²) in [5.41, 5.74) is 1.90. The zero-order valence-corrected chi connectivity index (χ0v) is 19.4. The van der Waals surface area contributed by atoms with Crippen LogP contribution >= 0.6 is 0 Å². The molecule has 0 aromatic heterocycles. The fourth-order valence-corrected chi connectivity index (χ4v) is 5.24. The van der Waals surface area contributed by atoms with Gasteiger partial charge in [0.25, 0.3) is 5.91 Å². The Morgan fingerprint density at radius 3 is 2.35 bits per heavy atom. The molecule has 1 fully saturated rings. The summed E-state index contributed by atoms with van der Waals surface area (Å²) in [6, 6.07) is 12.2. The van der Waals surface area contributed by atoms with E-state index in [0.717, 1.165) is 11.3 Å². The highest BCUT2D eigenvalue weighted by atomic mass is 32.2. The van der Waals surface area contributed by atoms with E-state index in [1.54, 1.807) is 19.1 Å². The number of aryl methyl sites for hydroxylation is 1. The van der Waals surface area contributed by atoms with Crippen LogP contribution in [-0.2, 0) is 10.0 Å². The van der Waals surface area contributed by atoms with Gasteiger partial charge in [-0.1, -0.05) is 18.2 Å². The van der Waals surface area contributed by atoms with Crippen molar-refractivity contribution in [1.29, 1.82) is 0 Å². The third-order valence-corrected chi connectivity index (χ3v) is 7.61. The van der Waals surface area contributed by atoms with Crippen molar-refractivity contribution in [2.75, 3.05) is 39.8 Å². The Balaban J connectivity index is 1.76. The summed E-state index contributed by atoms with van der Waals surface area (Å²) in [5, 5.41) is 2.95. The summed E-state index contributed by atoms with van der Waals surface area (Å²) in [7, 11) is -1.67. The van der Waals surface area contributed by atoms with Gasteiger partial charge in [0, 0.05) is 31.7 Å². The van der Waals surface area contributed by atoms with Gasteiger partial charge in [-0.15, -0.1) is 0 Å². The molecule has 1 amide bonds. The number of amides is 1. The maximum Gasteiger partial charge on any atom is 0.251 e. The number of carbonyl (C=O) groups is 1. The van der Waals surface area contributed by atoms with Gasteiger partial charge in [0.1, 0.15) is 5.75 Å². The molecule has 2 aromatic rings. The van der Waals surface area contributed by atoms with Crippen LogP contribution in [-0.4, -0.2) is 63.4 Å². The highest BCUT2D eigenvalue weighted by Gasteiger charge is 2.29. The lowest BCUT2D eigenvalue weighted by Crippen LogP contribution is -2.47. The van der Waals surface area contributed by atoms with Crippen molar-refractivity contribution in [1.82, 2.24) is 14.5 Å². The van der Waals surface area contributed by atoms with Crippen molar-refractivity contribution in [3.05, 3.63) is 59.2 Å². The first-order chi connectivity index (χ1) is 14.7. The normalized spacial score (nSPS) is 16.6. The summed E-state index contributed by atoms with van der Waals surface area (Å²) in [4.78, 5) is 15.2. The summed E-state index contributed by atoms with van der Waals surface area (Å²) < 4.78 is 33.3. The monoisotopic (exact) mass is 445 g/mol. The molecule has 0 saturated carbocycles. The van der Waals surface area contributed by atoms with Crippen LogP contribution in [0.5, 0.6) is 5.75 Å². The van der Waals surface area contributed by atoms with Crippen LogP contribution in [0, 0.1) is 6.92 Å². The van der Waals surface area contributed by atoms with E-state index < -0.39 is 10.0 Å². The molecule has 1 N–H and O–H groups in total.